The van der Waals surface area contributed by atoms with Crippen molar-refractivity contribution in [1.82, 2.24) is 0 Å². The molecule has 0 aromatic heterocycles. The lowest BCUT2D eigenvalue weighted by Crippen LogP contribution is -1.92. The fourth-order valence-corrected chi connectivity index (χ4v) is 1.75. The van der Waals surface area contributed by atoms with Gasteiger partial charge in [0.2, 0.25) is 0 Å². The first-order valence-electron chi connectivity index (χ1n) is 5.75. The van der Waals surface area contributed by atoms with Crippen LogP contribution in [0.3, 0.4) is 0 Å². The molecule has 0 aliphatic carbocycles. The molecule has 2 aromatic carbocycles. The van der Waals surface area contributed by atoms with Crippen molar-refractivity contribution in [2.45, 2.75) is 0 Å². The highest BCUT2D eigenvalue weighted by atomic mass is 35.5. The molecule has 7 heteroatoms. The average Bonchev–Trinajstić information content (AvgIpc) is 2.46. The normalized spacial score (nSPS) is 10.5. The van der Waals surface area contributed by atoms with E-state index in [0.717, 1.165) is 12.1 Å². The van der Waals surface area contributed by atoms with E-state index in [-0.39, 0.29) is 17.1 Å². The number of halogens is 1. The van der Waals surface area contributed by atoms with E-state index in [4.69, 9.17) is 16.9 Å². The van der Waals surface area contributed by atoms with Crippen molar-refractivity contribution in [3.8, 4) is 23.3 Å². The van der Waals surface area contributed by atoms with Gasteiger partial charge in [-0.15, -0.1) is 0 Å². The zero-order valence-electron chi connectivity index (χ0n) is 10.6. The van der Waals surface area contributed by atoms with Gasteiger partial charge in [0.25, 0.3) is 0 Å². The zero-order chi connectivity index (χ0) is 15.4. The van der Waals surface area contributed by atoms with E-state index in [2.05, 4.69) is 10.5 Å². The minimum atomic E-state index is -0.423. The third-order valence-corrected chi connectivity index (χ3v) is 2.92. The second-order valence-electron chi connectivity index (χ2n) is 4.08. The van der Waals surface area contributed by atoms with Crippen LogP contribution in [0.4, 0.5) is 5.69 Å². The molecular formula is C14H10ClN3O3. The summed E-state index contributed by atoms with van der Waals surface area (Å²) >= 11 is 5.96. The number of hydrogen-bond acceptors (Lipinski definition) is 6. The van der Waals surface area contributed by atoms with Gasteiger partial charge in [0.05, 0.1) is 28.6 Å². The van der Waals surface area contributed by atoms with Crippen LogP contribution in [0.1, 0.15) is 11.1 Å². The van der Waals surface area contributed by atoms with E-state index in [1.54, 1.807) is 12.1 Å². The molecule has 0 aliphatic rings. The number of benzene rings is 2. The van der Waals surface area contributed by atoms with Crippen molar-refractivity contribution in [3.63, 3.8) is 0 Å². The maximum atomic E-state index is 9.58. The van der Waals surface area contributed by atoms with Crippen LogP contribution in [0, 0.1) is 11.3 Å². The Morgan fingerprint density at radius 1 is 1.10 bits per heavy atom. The Balaban J connectivity index is 2.17. The van der Waals surface area contributed by atoms with Gasteiger partial charge in [-0.3, -0.25) is 5.43 Å². The Morgan fingerprint density at radius 3 is 2.48 bits per heavy atom. The number of rotatable bonds is 3. The first kappa shape index (κ1) is 14.5. The van der Waals surface area contributed by atoms with E-state index in [9.17, 15) is 15.3 Å². The molecule has 0 saturated carbocycles. The molecule has 0 saturated heterocycles. The molecule has 4 N–H and O–H groups in total. The van der Waals surface area contributed by atoms with Crippen molar-refractivity contribution >= 4 is 23.5 Å². The number of nitrogens with one attached hydrogen (secondary N) is 1. The molecule has 0 aliphatic heterocycles. The van der Waals surface area contributed by atoms with Crippen LogP contribution in [0.5, 0.6) is 17.2 Å². The fourth-order valence-electron chi connectivity index (χ4n) is 1.53. The summed E-state index contributed by atoms with van der Waals surface area (Å²) in [5.41, 5.74) is 3.77. The monoisotopic (exact) mass is 303 g/mol. The topological polar surface area (TPSA) is 109 Å². The second-order valence-corrected chi connectivity index (χ2v) is 4.48. The van der Waals surface area contributed by atoms with E-state index in [1.165, 1.54) is 12.3 Å². The van der Waals surface area contributed by atoms with Crippen LogP contribution in [0.25, 0.3) is 0 Å². The van der Waals surface area contributed by atoms with E-state index in [1.807, 2.05) is 6.07 Å². The highest BCUT2D eigenvalue weighted by molar-refractivity contribution is 6.33. The lowest BCUT2D eigenvalue weighted by Gasteiger charge is -2.04. The van der Waals surface area contributed by atoms with Gasteiger partial charge in [-0.1, -0.05) is 11.6 Å². The Bertz CT molecular complexity index is 754. The van der Waals surface area contributed by atoms with Crippen LogP contribution < -0.4 is 5.43 Å². The van der Waals surface area contributed by atoms with E-state index < -0.39 is 5.75 Å². The molecule has 0 fully saturated rings. The minimum Gasteiger partial charge on any atom is -0.507 e. The summed E-state index contributed by atoms with van der Waals surface area (Å²) in [6.07, 6.45) is 1.25. The number of phenolic OH excluding ortho intramolecular Hbond substituents is 3. The molecule has 21 heavy (non-hydrogen) atoms. The Morgan fingerprint density at radius 2 is 1.81 bits per heavy atom. The summed E-state index contributed by atoms with van der Waals surface area (Å²) in [5, 5.41) is 41.0. The highest BCUT2D eigenvalue weighted by Gasteiger charge is 2.06. The first-order valence-corrected chi connectivity index (χ1v) is 6.12. The number of nitriles is 1. The average molecular weight is 304 g/mol. The minimum absolute atomic E-state index is 0.211. The lowest BCUT2D eigenvalue weighted by molar-refractivity contribution is 0.396. The van der Waals surface area contributed by atoms with E-state index >= 15 is 0 Å². The van der Waals surface area contributed by atoms with Gasteiger partial charge in [-0.05, 0) is 24.3 Å². The van der Waals surface area contributed by atoms with Crippen LogP contribution in [-0.4, -0.2) is 21.5 Å². The van der Waals surface area contributed by atoms with Gasteiger partial charge in [0.1, 0.15) is 5.75 Å². The number of nitrogens with zero attached hydrogens (tertiary/aromatic N) is 2. The molecule has 0 heterocycles. The molecule has 0 unspecified atom stereocenters. The van der Waals surface area contributed by atoms with Crippen LogP contribution in [0.2, 0.25) is 5.02 Å². The van der Waals surface area contributed by atoms with Crippen molar-refractivity contribution in [2.75, 3.05) is 5.43 Å². The molecule has 0 radical (unpaired) electrons. The van der Waals surface area contributed by atoms with Gasteiger partial charge in [-0.2, -0.15) is 10.4 Å². The van der Waals surface area contributed by atoms with Gasteiger partial charge < -0.3 is 15.3 Å². The largest absolute Gasteiger partial charge is 0.507 e. The zero-order valence-corrected chi connectivity index (χ0v) is 11.3. The summed E-state index contributed by atoms with van der Waals surface area (Å²) < 4.78 is 0. The third kappa shape index (κ3) is 3.35. The fraction of sp³-hybridized carbons (Fsp3) is 0. The Hall–Kier alpha value is -2.91. The molecule has 2 aromatic rings. The number of hydrazone groups is 1. The number of hydrogen-bond donors (Lipinski definition) is 4. The molecule has 6 nitrogen and oxygen atoms in total. The van der Waals surface area contributed by atoms with Crippen LogP contribution in [-0.2, 0) is 0 Å². The summed E-state index contributed by atoms with van der Waals surface area (Å²) in [6, 6.07) is 8.79. The Labute approximate surface area is 125 Å². The highest BCUT2D eigenvalue weighted by Crippen LogP contribution is 2.31. The molecule has 106 valence electrons. The number of anilines is 1. The molecular weight excluding hydrogens is 294 g/mol. The molecule has 0 amide bonds. The predicted octanol–water partition coefficient (Wildman–Crippen LogP) is 2.77. The summed E-state index contributed by atoms with van der Waals surface area (Å²) in [5.74, 6) is -1.03. The van der Waals surface area contributed by atoms with Crippen LogP contribution in [0.15, 0.2) is 35.4 Å². The standard InChI is InChI=1S/C14H10ClN3O3/c15-10-3-8(6-16)1-2-11(10)18-17-7-9-4-13(20)14(21)5-12(9)19/h1-5,7,18-21H/b17-7+. The Kier molecular flexibility index (Phi) is 4.16. The molecule has 0 bridgehead atoms. The van der Waals surface area contributed by atoms with Crippen molar-refractivity contribution in [2.24, 2.45) is 5.10 Å². The predicted molar refractivity (Wildman–Crippen MR) is 78.8 cm³/mol. The maximum absolute atomic E-state index is 9.58. The summed E-state index contributed by atoms with van der Waals surface area (Å²) in [4.78, 5) is 0. The maximum Gasteiger partial charge on any atom is 0.161 e. The van der Waals surface area contributed by atoms with Crippen molar-refractivity contribution in [1.29, 1.82) is 5.26 Å². The van der Waals surface area contributed by atoms with Gasteiger partial charge in [-0.25, -0.2) is 0 Å². The molecule has 0 atom stereocenters. The number of aromatic hydroxyl groups is 3. The van der Waals surface area contributed by atoms with Crippen molar-refractivity contribution in [3.05, 3.63) is 46.5 Å². The quantitative estimate of drug-likeness (QED) is 0.302. The van der Waals surface area contributed by atoms with Gasteiger partial charge in [0, 0.05) is 11.6 Å². The smallest absolute Gasteiger partial charge is 0.161 e. The second kappa shape index (κ2) is 6.03. The third-order valence-electron chi connectivity index (χ3n) is 2.61. The molecule has 2 rings (SSSR count). The summed E-state index contributed by atoms with van der Waals surface area (Å²) in [7, 11) is 0. The first-order chi connectivity index (χ1) is 10.0. The lowest BCUT2D eigenvalue weighted by atomic mass is 10.2. The SMILES string of the molecule is N#Cc1ccc(N/N=C/c2cc(O)c(O)cc2O)c(Cl)c1. The summed E-state index contributed by atoms with van der Waals surface area (Å²) in [6.45, 7) is 0. The van der Waals surface area contributed by atoms with Crippen molar-refractivity contribution < 1.29 is 15.3 Å². The number of phenols is 3. The van der Waals surface area contributed by atoms with Crippen LogP contribution >= 0.6 is 11.6 Å². The van der Waals surface area contributed by atoms with Gasteiger partial charge in [0.15, 0.2) is 11.5 Å². The molecule has 0 spiro atoms. The van der Waals surface area contributed by atoms with Gasteiger partial charge >= 0.3 is 0 Å². The van der Waals surface area contributed by atoms with E-state index in [0.29, 0.717) is 16.3 Å².